The number of nitrogens with one attached hydrogen (secondary N) is 1. The summed E-state index contributed by atoms with van der Waals surface area (Å²) in [6.07, 6.45) is 3.73. The van der Waals surface area contributed by atoms with Gasteiger partial charge in [0.05, 0.1) is 0 Å². The second-order valence-electron chi connectivity index (χ2n) is 8.84. The number of aliphatic hydroxyl groups is 1. The molecule has 2 N–H and O–H groups in total. The fourth-order valence-electron chi connectivity index (χ4n) is 4.68. The van der Waals surface area contributed by atoms with E-state index in [4.69, 9.17) is 0 Å². The van der Waals surface area contributed by atoms with Crippen LogP contribution < -0.4 is 10.2 Å². The van der Waals surface area contributed by atoms with Crippen molar-refractivity contribution in [3.05, 3.63) is 65.2 Å². The third kappa shape index (κ3) is 5.27. The Hall–Kier alpha value is -2.51. The molecule has 2 aromatic rings. The molecule has 1 atom stereocenters. The van der Waals surface area contributed by atoms with Gasteiger partial charge in [0.15, 0.2) is 11.6 Å². The molecular formula is C25H31F2N3O2. The van der Waals surface area contributed by atoms with Crippen molar-refractivity contribution in [2.24, 2.45) is 5.92 Å². The van der Waals surface area contributed by atoms with E-state index < -0.39 is 11.6 Å². The van der Waals surface area contributed by atoms with Crippen LogP contribution in [0.25, 0.3) is 0 Å². The lowest BCUT2D eigenvalue weighted by molar-refractivity contribution is 0.0620. The molecule has 1 amide bonds. The van der Waals surface area contributed by atoms with Crippen molar-refractivity contribution in [2.45, 2.75) is 38.3 Å². The molecule has 0 bridgehead atoms. The van der Waals surface area contributed by atoms with E-state index in [1.165, 1.54) is 6.07 Å². The fourth-order valence-corrected chi connectivity index (χ4v) is 4.68. The van der Waals surface area contributed by atoms with E-state index in [2.05, 4.69) is 10.2 Å². The molecule has 7 heteroatoms. The standard InChI is InChI=1S/C25H31F2N3O2/c26-23-5-1-4-20(24(23)27)15-28-21-10-13-29(14-11-21)22-8-6-19(7-9-22)25(32)30-12-2-3-18(16-30)17-31/h1,4-9,18,21,28,31H,2-3,10-17H2. The SMILES string of the molecule is O=C(c1ccc(N2CCC(NCc3cccc(F)c3F)CC2)cc1)N1CCCC(CO)C1. The molecule has 0 spiro atoms. The highest BCUT2D eigenvalue weighted by atomic mass is 19.2. The molecule has 0 radical (unpaired) electrons. The van der Waals surface area contributed by atoms with Gasteiger partial charge in [-0.3, -0.25) is 4.79 Å². The number of halogens is 2. The van der Waals surface area contributed by atoms with Crippen molar-refractivity contribution >= 4 is 11.6 Å². The molecule has 5 nitrogen and oxygen atoms in total. The molecule has 4 rings (SSSR count). The molecule has 172 valence electrons. The Kier molecular flexibility index (Phi) is 7.37. The molecular weight excluding hydrogens is 412 g/mol. The second kappa shape index (κ2) is 10.4. The van der Waals surface area contributed by atoms with Gasteiger partial charge in [-0.05, 0) is 61.9 Å². The number of anilines is 1. The molecule has 0 saturated carbocycles. The Labute approximate surface area is 188 Å². The summed E-state index contributed by atoms with van der Waals surface area (Å²) in [4.78, 5) is 16.9. The number of benzene rings is 2. The Balaban J connectivity index is 1.27. The average molecular weight is 444 g/mol. The quantitative estimate of drug-likeness (QED) is 0.717. The van der Waals surface area contributed by atoms with Crippen LogP contribution in [0.3, 0.4) is 0 Å². The summed E-state index contributed by atoms with van der Waals surface area (Å²) in [7, 11) is 0. The highest BCUT2D eigenvalue weighted by Crippen LogP contribution is 2.23. The predicted octanol–water partition coefficient (Wildman–Crippen LogP) is 3.57. The van der Waals surface area contributed by atoms with E-state index >= 15 is 0 Å². The third-order valence-electron chi connectivity index (χ3n) is 6.65. The van der Waals surface area contributed by atoms with Gasteiger partial charge in [-0.1, -0.05) is 12.1 Å². The largest absolute Gasteiger partial charge is 0.396 e. The highest BCUT2D eigenvalue weighted by Gasteiger charge is 2.24. The number of carbonyl (C=O) groups excluding carboxylic acids is 1. The summed E-state index contributed by atoms with van der Waals surface area (Å²) >= 11 is 0. The molecule has 2 aliphatic heterocycles. The van der Waals surface area contributed by atoms with Crippen molar-refractivity contribution in [2.75, 3.05) is 37.7 Å². The van der Waals surface area contributed by atoms with Crippen molar-refractivity contribution in [1.82, 2.24) is 10.2 Å². The van der Waals surface area contributed by atoms with Gasteiger partial charge >= 0.3 is 0 Å². The van der Waals surface area contributed by atoms with Crippen LogP contribution in [0.1, 0.15) is 41.6 Å². The van der Waals surface area contributed by atoms with Crippen LogP contribution in [-0.2, 0) is 6.54 Å². The van der Waals surface area contributed by atoms with Crippen molar-refractivity contribution in [1.29, 1.82) is 0 Å². The first-order valence-corrected chi connectivity index (χ1v) is 11.5. The topological polar surface area (TPSA) is 55.8 Å². The summed E-state index contributed by atoms with van der Waals surface area (Å²) in [6.45, 7) is 3.54. The fraction of sp³-hybridized carbons (Fsp3) is 0.480. The zero-order valence-electron chi connectivity index (χ0n) is 18.3. The van der Waals surface area contributed by atoms with Crippen molar-refractivity contribution in [3.63, 3.8) is 0 Å². The minimum atomic E-state index is -0.811. The minimum Gasteiger partial charge on any atom is -0.396 e. The first-order valence-electron chi connectivity index (χ1n) is 11.5. The number of rotatable bonds is 6. The lowest BCUT2D eigenvalue weighted by Gasteiger charge is -2.34. The third-order valence-corrected chi connectivity index (χ3v) is 6.65. The van der Waals surface area contributed by atoms with Crippen LogP contribution in [0.5, 0.6) is 0 Å². The van der Waals surface area contributed by atoms with Gasteiger partial charge in [0.25, 0.3) is 5.91 Å². The molecule has 2 heterocycles. The first-order chi connectivity index (χ1) is 15.5. The predicted molar refractivity (Wildman–Crippen MR) is 121 cm³/mol. The maximum absolute atomic E-state index is 13.8. The number of likely N-dealkylation sites (tertiary alicyclic amines) is 1. The summed E-state index contributed by atoms with van der Waals surface area (Å²) in [6, 6.07) is 12.3. The smallest absolute Gasteiger partial charge is 0.253 e. The van der Waals surface area contributed by atoms with E-state index in [9.17, 15) is 18.7 Å². The number of piperidine rings is 2. The van der Waals surface area contributed by atoms with E-state index in [1.807, 2.05) is 29.2 Å². The van der Waals surface area contributed by atoms with Gasteiger partial charge < -0.3 is 20.2 Å². The number of hydrogen-bond acceptors (Lipinski definition) is 4. The molecule has 2 saturated heterocycles. The van der Waals surface area contributed by atoms with Crippen molar-refractivity contribution < 1.29 is 18.7 Å². The van der Waals surface area contributed by atoms with Crippen LogP contribution in [0.4, 0.5) is 14.5 Å². The van der Waals surface area contributed by atoms with Gasteiger partial charge in [0, 0.05) is 62.2 Å². The second-order valence-corrected chi connectivity index (χ2v) is 8.84. The Morgan fingerprint density at radius 3 is 2.50 bits per heavy atom. The zero-order chi connectivity index (χ0) is 22.5. The monoisotopic (exact) mass is 443 g/mol. The Bertz CT molecular complexity index is 914. The van der Waals surface area contributed by atoms with E-state index in [0.717, 1.165) is 57.1 Å². The number of carbonyl (C=O) groups is 1. The van der Waals surface area contributed by atoms with Gasteiger partial charge in [-0.2, -0.15) is 0 Å². The summed E-state index contributed by atoms with van der Waals surface area (Å²) in [5, 5.41) is 12.7. The van der Waals surface area contributed by atoms with Gasteiger partial charge in [0.2, 0.25) is 0 Å². The van der Waals surface area contributed by atoms with Crippen LogP contribution in [0, 0.1) is 17.6 Å². The summed E-state index contributed by atoms with van der Waals surface area (Å²) in [5.41, 5.74) is 2.12. The van der Waals surface area contributed by atoms with Gasteiger partial charge in [-0.25, -0.2) is 8.78 Å². The van der Waals surface area contributed by atoms with Crippen LogP contribution >= 0.6 is 0 Å². The number of aliphatic hydroxyl groups excluding tert-OH is 1. The van der Waals surface area contributed by atoms with Gasteiger partial charge in [-0.15, -0.1) is 0 Å². The van der Waals surface area contributed by atoms with E-state index in [0.29, 0.717) is 24.2 Å². The molecule has 2 aromatic carbocycles. The molecule has 2 fully saturated rings. The molecule has 1 unspecified atom stereocenters. The molecule has 2 aliphatic rings. The van der Waals surface area contributed by atoms with Crippen LogP contribution in [-0.4, -0.2) is 54.7 Å². The molecule has 32 heavy (non-hydrogen) atoms. The average Bonchev–Trinajstić information content (AvgIpc) is 2.85. The maximum atomic E-state index is 13.8. The Morgan fingerprint density at radius 2 is 1.78 bits per heavy atom. The van der Waals surface area contributed by atoms with E-state index in [-0.39, 0.29) is 24.5 Å². The minimum absolute atomic E-state index is 0.0298. The summed E-state index contributed by atoms with van der Waals surface area (Å²) < 4.78 is 27.2. The zero-order valence-corrected chi connectivity index (χ0v) is 18.3. The van der Waals surface area contributed by atoms with Gasteiger partial charge in [0.1, 0.15) is 0 Å². The highest BCUT2D eigenvalue weighted by molar-refractivity contribution is 5.94. The van der Waals surface area contributed by atoms with Crippen LogP contribution in [0.2, 0.25) is 0 Å². The summed E-state index contributed by atoms with van der Waals surface area (Å²) in [5.74, 6) is -1.38. The lowest BCUT2D eigenvalue weighted by Crippen LogP contribution is -2.42. The first kappa shape index (κ1) is 22.7. The number of nitrogens with zero attached hydrogens (tertiary/aromatic N) is 2. The molecule has 0 aliphatic carbocycles. The number of hydrogen-bond donors (Lipinski definition) is 2. The van der Waals surface area contributed by atoms with E-state index in [1.54, 1.807) is 6.07 Å². The number of amides is 1. The van der Waals surface area contributed by atoms with Crippen molar-refractivity contribution in [3.8, 4) is 0 Å². The maximum Gasteiger partial charge on any atom is 0.253 e. The lowest BCUT2D eigenvalue weighted by atomic mass is 9.98. The normalized spacial score (nSPS) is 19.9. The van der Waals surface area contributed by atoms with Crippen LogP contribution in [0.15, 0.2) is 42.5 Å². The molecule has 0 aromatic heterocycles. The Morgan fingerprint density at radius 1 is 1.03 bits per heavy atom.